The van der Waals surface area contributed by atoms with E-state index in [1.807, 2.05) is 24.3 Å². The van der Waals surface area contributed by atoms with Gasteiger partial charge in [0.25, 0.3) is 0 Å². The Kier molecular flexibility index (Phi) is 4.92. The number of amides is 4. The van der Waals surface area contributed by atoms with E-state index in [2.05, 4.69) is 0 Å². The molecule has 138 valence electrons. The molecule has 0 aliphatic carbocycles. The van der Waals surface area contributed by atoms with E-state index in [0.29, 0.717) is 25.7 Å². The monoisotopic (exact) mass is 360 g/mol. The molecule has 1 aromatic rings. The van der Waals surface area contributed by atoms with Gasteiger partial charge < -0.3 is 10.2 Å². The predicted molar refractivity (Wildman–Crippen MR) is 89.5 cm³/mol. The van der Waals surface area contributed by atoms with E-state index in [1.54, 1.807) is 0 Å². The van der Waals surface area contributed by atoms with Crippen LogP contribution in [0.2, 0.25) is 0 Å². The predicted octanol–water partition coefficient (Wildman–Crippen LogP) is 1.82. The number of imide groups is 2. The van der Waals surface area contributed by atoms with Gasteiger partial charge in [-0.1, -0.05) is 24.3 Å². The quantitative estimate of drug-likeness (QED) is 0.846. The minimum absolute atomic E-state index is 0.237. The van der Waals surface area contributed by atoms with E-state index in [1.165, 1.54) is 0 Å². The lowest BCUT2D eigenvalue weighted by atomic mass is 9.94. The number of carbonyl (C=O) groups excluding carboxylic acids is 2. The zero-order chi connectivity index (χ0) is 18.8. The lowest BCUT2D eigenvalue weighted by Gasteiger charge is -2.12. The molecule has 3 rings (SSSR count). The second-order valence-electron chi connectivity index (χ2n) is 6.74. The number of likely N-dealkylation sites (tertiary alicyclic amines) is 2. The molecule has 2 saturated heterocycles. The molecule has 0 radical (unpaired) electrons. The summed E-state index contributed by atoms with van der Waals surface area (Å²) in [5.74, 6) is -1.35. The number of hydrogen-bond donors (Lipinski definition) is 2. The van der Waals surface area contributed by atoms with E-state index in [0.717, 1.165) is 20.9 Å². The molecule has 0 bridgehead atoms. The van der Waals surface area contributed by atoms with Crippen LogP contribution in [0.3, 0.4) is 0 Å². The van der Waals surface area contributed by atoms with E-state index in [4.69, 9.17) is 10.2 Å². The van der Waals surface area contributed by atoms with Crippen molar-refractivity contribution in [3.05, 3.63) is 35.4 Å². The molecule has 2 N–H and O–H groups in total. The van der Waals surface area contributed by atoms with Gasteiger partial charge in [0.1, 0.15) is 0 Å². The van der Waals surface area contributed by atoms with E-state index in [-0.39, 0.29) is 36.7 Å². The first kappa shape index (κ1) is 17.9. The van der Waals surface area contributed by atoms with Gasteiger partial charge in [0.15, 0.2) is 0 Å². The first-order valence-electron chi connectivity index (χ1n) is 8.53. The van der Waals surface area contributed by atoms with Crippen LogP contribution in [-0.2, 0) is 22.4 Å². The van der Waals surface area contributed by atoms with Crippen molar-refractivity contribution >= 4 is 24.0 Å². The maximum atomic E-state index is 12.0. The largest absolute Gasteiger partial charge is 0.465 e. The third-order valence-corrected chi connectivity index (χ3v) is 5.08. The number of rotatable bonds is 4. The molecule has 0 aromatic heterocycles. The smallest absolute Gasteiger partial charge is 0.414 e. The molecule has 1 aromatic carbocycles. The van der Waals surface area contributed by atoms with Crippen LogP contribution in [0.5, 0.6) is 0 Å². The lowest BCUT2D eigenvalue weighted by Crippen LogP contribution is -2.32. The molecule has 2 atom stereocenters. The minimum Gasteiger partial charge on any atom is -0.465 e. The SMILES string of the molecule is O=C(O)N1CCC(Cc2ccc(CC3CCN(C(=O)O)C3=O)cc2)C1=O. The summed E-state index contributed by atoms with van der Waals surface area (Å²) in [7, 11) is 0. The summed E-state index contributed by atoms with van der Waals surface area (Å²) < 4.78 is 0. The van der Waals surface area contributed by atoms with Crippen LogP contribution in [0.4, 0.5) is 9.59 Å². The molecule has 4 amide bonds. The van der Waals surface area contributed by atoms with Gasteiger partial charge in [-0.2, -0.15) is 0 Å². The Morgan fingerprint density at radius 3 is 1.42 bits per heavy atom. The fourth-order valence-corrected chi connectivity index (χ4v) is 3.62. The highest BCUT2D eigenvalue weighted by atomic mass is 16.4. The normalized spacial score (nSPS) is 22.9. The van der Waals surface area contributed by atoms with Crippen LogP contribution in [-0.4, -0.2) is 57.1 Å². The summed E-state index contributed by atoms with van der Waals surface area (Å²) >= 11 is 0. The summed E-state index contributed by atoms with van der Waals surface area (Å²) in [5, 5.41) is 17.9. The molecule has 8 nitrogen and oxygen atoms in total. The van der Waals surface area contributed by atoms with E-state index >= 15 is 0 Å². The minimum atomic E-state index is -1.20. The average molecular weight is 360 g/mol. The van der Waals surface area contributed by atoms with Gasteiger partial charge in [0.2, 0.25) is 11.8 Å². The topological polar surface area (TPSA) is 115 Å². The van der Waals surface area contributed by atoms with Crippen LogP contribution in [0.1, 0.15) is 24.0 Å². The van der Waals surface area contributed by atoms with Gasteiger partial charge in [-0.25, -0.2) is 19.4 Å². The Morgan fingerprint density at radius 2 is 1.15 bits per heavy atom. The van der Waals surface area contributed by atoms with Gasteiger partial charge in [-0.05, 0) is 36.8 Å². The third-order valence-electron chi connectivity index (χ3n) is 5.08. The molecule has 26 heavy (non-hydrogen) atoms. The number of carbonyl (C=O) groups is 4. The van der Waals surface area contributed by atoms with Crippen molar-refractivity contribution < 1.29 is 29.4 Å². The summed E-state index contributed by atoms with van der Waals surface area (Å²) in [6.45, 7) is 0.474. The van der Waals surface area contributed by atoms with Crippen molar-refractivity contribution in [2.75, 3.05) is 13.1 Å². The fourth-order valence-electron chi connectivity index (χ4n) is 3.62. The van der Waals surface area contributed by atoms with Crippen LogP contribution >= 0.6 is 0 Å². The molecule has 2 aliphatic rings. The van der Waals surface area contributed by atoms with Gasteiger partial charge in [-0.3, -0.25) is 9.59 Å². The first-order valence-corrected chi connectivity index (χ1v) is 8.53. The Balaban J connectivity index is 1.58. The molecule has 2 fully saturated rings. The van der Waals surface area contributed by atoms with Crippen LogP contribution in [0, 0.1) is 11.8 Å². The fraction of sp³-hybridized carbons (Fsp3) is 0.444. The van der Waals surface area contributed by atoms with Crippen molar-refractivity contribution in [3.63, 3.8) is 0 Å². The molecular weight excluding hydrogens is 340 g/mol. The first-order chi connectivity index (χ1) is 12.4. The van der Waals surface area contributed by atoms with Crippen molar-refractivity contribution in [1.82, 2.24) is 9.80 Å². The van der Waals surface area contributed by atoms with Crippen molar-refractivity contribution in [1.29, 1.82) is 0 Å². The molecule has 2 unspecified atom stereocenters. The number of benzene rings is 1. The zero-order valence-electron chi connectivity index (χ0n) is 14.1. The van der Waals surface area contributed by atoms with Crippen molar-refractivity contribution in [2.24, 2.45) is 11.8 Å². The maximum absolute atomic E-state index is 12.0. The van der Waals surface area contributed by atoms with Gasteiger partial charge in [0, 0.05) is 24.9 Å². The Labute approximate surface area is 150 Å². The number of nitrogens with zero attached hydrogens (tertiary/aromatic N) is 2. The van der Waals surface area contributed by atoms with Crippen LogP contribution in [0.15, 0.2) is 24.3 Å². The van der Waals surface area contributed by atoms with E-state index < -0.39 is 12.2 Å². The van der Waals surface area contributed by atoms with Crippen LogP contribution < -0.4 is 0 Å². The van der Waals surface area contributed by atoms with Gasteiger partial charge >= 0.3 is 12.2 Å². The number of carboxylic acid groups (broad SMARTS) is 2. The summed E-state index contributed by atoms with van der Waals surface area (Å²) in [4.78, 5) is 47.7. The standard InChI is InChI=1S/C18H20N2O6/c21-15-13(5-7-19(15)17(23)24)9-11-1-2-12(4-3-11)10-14-6-8-20(16(14)22)18(25)26/h1-4,13-14H,5-10H2,(H,23,24)(H,25,26). The van der Waals surface area contributed by atoms with Crippen molar-refractivity contribution in [2.45, 2.75) is 25.7 Å². The second kappa shape index (κ2) is 7.15. The Hall–Kier alpha value is -2.90. The van der Waals surface area contributed by atoms with Crippen LogP contribution in [0.25, 0.3) is 0 Å². The summed E-state index contributed by atoms with van der Waals surface area (Å²) in [5.41, 5.74) is 1.87. The molecule has 0 spiro atoms. The molecule has 0 saturated carbocycles. The van der Waals surface area contributed by atoms with E-state index in [9.17, 15) is 19.2 Å². The number of hydrogen-bond acceptors (Lipinski definition) is 4. The van der Waals surface area contributed by atoms with Crippen molar-refractivity contribution in [3.8, 4) is 0 Å². The molecular formula is C18H20N2O6. The third kappa shape index (κ3) is 3.54. The summed E-state index contributed by atoms with van der Waals surface area (Å²) in [6, 6.07) is 7.50. The summed E-state index contributed by atoms with van der Waals surface area (Å²) in [6.07, 6.45) is -0.395. The molecule has 8 heteroatoms. The molecule has 2 aliphatic heterocycles. The Morgan fingerprint density at radius 1 is 0.808 bits per heavy atom. The maximum Gasteiger partial charge on any atom is 0.414 e. The highest BCUT2D eigenvalue weighted by Crippen LogP contribution is 2.25. The molecule has 2 heterocycles. The average Bonchev–Trinajstić information content (AvgIpc) is 3.13. The highest BCUT2D eigenvalue weighted by molar-refractivity contribution is 5.94. The zero-order valence-corrected chi connectivity index (χ0v) is 14.1. The highest BCUT2D eigenvalue weighted by Gasteiger charge is 2.36. The second-order valence-corrected chi connectivity index (χ2v) is 6.74. The van der Waals surface area contributed by atoms with Gasteiger partial charge in [0.05, 0.1) is 0 Å². The Bertz CT molecular complexity index is 682. The van der Waals surface area contributed by atoms with Gasteiger partial charge in [-0.15, -0.1) is 0 Å². The lowest BCUT2D eigenvalue weighted by molar-refractivity contribution is -0.130.